The van der Waals surface area contributed by atoms with Crippen LogP contribution >= 0.6 is 11.3 Å². The third-order valence-electron chi connectivity index (χ3n) is 4.99. The quantitative estimate of drug-likeness (QED) is 0.480. The second-order valence-electron chi connectivity index (χ2n) is 7.48. The summed E-state index contributed by atoms with van der Waals surface area (Å²) in [5.41, 5.74) is 2.82. The zero-order chi connectivity index (χ0) is 22.1. The van der Waals surface area contributed by atoms with E-state index in [1.54, 1.807) is 16.2 Å². The first-order valence-corrected chi connectivity index (χ1v) is 11.4. The van der Waals surface area contributed by atoms with Gasteiger partial charge in [-0.25, -0.2) is 4.79 Å². The molecule has 0 radical (unpaired) electrons. The topological polar surface area (TPSA) is 52.7 Å². The maximum absolute atomic E-state index is 13.3. The Balaban J connectivity index is 1.73. The molecular formula is C25H29N3O2S. The number of hydrogen-bond donors (Lipinski definition) is 1. The lowest BCUT2D eigenvalue weighted by Gasteiger charge is -2.28. The van der Waals surface area contributed by atoms with Crippen LogP contribution in [0.3, 0.4) is 0 Å². The SMILES string of the molecule is CCCN(CC(=O)N(Cc1ccccc1)Cc1cccs1)C(=O)Nc1ccccc1C. The van der Waals surface area contributed by atoms with Crippen molar-refractivity contribution in [2.24, 2.45) is 0 Å². The Morgan fingerprint density at radius 1 is 0.903 bits per heavy atom. The highest BCUT2D eigenvalue weighted by atomic mass is 32.1. The molecule has 6 heteroatoms. The van der Waals surface area contributed by atoms with E-state index in [0.29, 0.717) is 19.6 Å². The van der Waals surface area contributed by atoms with Gasteiger partial charge in [-0.2, -0.15) is 0 Å². The standard InChI is InChI=1S/C25H29N3O2S/c1-3-15-27(25(30)26-23-14-8-7-10-20(23)2)19-24(29)28(18-22-13-9-16-31-22)17-21-11-5-4-6-12-21/h4-14,16H,3,15,17-19H2,1-2H3,(H,26,30). The monoisotopic (exact) mass is 435 g/mol. The summed E-state index contributed by atoms with van der Waals surface area (Å²) in [6, 6.07) is 21.4. The smallest absolute Gasteiger partial charge is 0.322 e. The van der Waals surface area contributed by atoms with Gasteiger partial charge < -0.3 is 15.1 Å². The number of carbonyl (C=O) groups is 2. The van der Waals surface area contributed by atoms with Crippen LogP contribution < -0.4 is 5.32 Å². The molecule has 2 aromatic carbocycles. The van der Waals surface area contributed by atoms with E-state index in [1.165, 1.54) is 0 Å². The van der Waals surface area contributed by atoms with E-state index in [0.717, 1.165) is 28.1 Å². The molecule has 1 heterocycles. The van der Waals surface area contributed by atoms with Crippen LogP contribution in [0.25, 0.3) is 0 Å². The van der Waals surface area contributed by atoms with Crippen molar-refractivity contribution in [3.63, 3.8) is 0 Å². The van der Waals surface area contributed by atoms with Crippen LogP contribution in [0.15, 0.2) is 72.1 Å². The maximum Gasteiger partial charge on any atom is 0.322 e. The van der Waals surface area contributed by atoms with Gasteiger partial charge in [-0.15, -0.1) is 11.3 Å². The Kier molecular flexibility index (Phi) is 8.24. The number of nitrogens with zero attached hydrogens (tertiary/aromatic N) is 2. The first kappa shape index (κ1) is 22.6. The average Bonchev–Trinajstić information content (AvgIpc) is 3.28. The largest absolute Gasteiger partial charge is 0.332 e. The van der Waals surface area contributed by atoms with Crippen LogP contribution in [-0.4, -0.2) is 34.8 Å². The van der Waals surface area contributed by atoms with Gasteiger partial charge in [0.2, 0.25) is 5.91 Å². The van der Waals surface area contributed by atoms with Crippen LogP contribution in [0.1, 0.15) is 29.3 Å². The number of benzene rings is 2. The minimum absolute atomic E-state index is 0.0454. The Morgan fingerprint density at radius 2 is 1.65 bits per heavy atom. The van der Waals surface area contributed by atoms with Crippen molar-refractivity contribution in [2.45, 2.75) is 33.4 Å². The van der Waals surface area contributed by atoms with Gasteiger partial charge in [0.25, 0.3) is 0 Å². The minimum Gasteiger partial charge on any atom is -0.332 e. The van der Waals surface area contributed by atoms with Crippen molar-refractivity contribution in [1.29, 1.82) is 0 Å². The van der Waals surface area contributed by atoms with Crippen molar-refractivity contribution in [2.75, 3.05) is 18.4 Å². The molecule has 0 atom stereocenters. The van der Waals surface area contributed by atoms with Crippen LogP contribution in [0.5, 0.6) is 0 Å². The minimum atomic E-state index is -0.250. The Hall–Kier alpha value is -3.12. The molecule has 1 aromatic heterocycles. The van der Waals surface area contributed by atoms with E-state index in [4.69, 9.17) is 0 Å². The molecule has 0 aliphatic rings. The number of carbonyl (C=O) groups excluding carboxylic acids is 2. The summed E-state index contributed by atoms with van der Waals surface area (Å²) in [4.78, 5) is 30.8. The van der Waals surface area contributed by atoms with Gasteiger partial charge in [0.15, 0.2) is 0 Å². The Morgan fingerprint density at radius 3 is 2.32 bits per heavy atom. The lowest BCUT2D eigenvalue weighted by atomic mass is 10.2. The van der Waals surface area contributed by atoms with Gasteiger partial charge >= 0.3 is 6.03 Å². The summed E-state index contributed by atoms with van der Waals surface area (Å²) >= 11 is 1.63. The molecule has 0 aliphatic heterocycles. The molecular weight excluding hydrogens is 406 g/mol. The predicted molar refractivity (Wildman–Crippen MR) is 127 cm³/mol. The van der Waals surface area contributed by atoms with E-state index in [9.17, 15) is 9.59 Å². The summed E-state index contributed by atoms with van der Waals surface area (Å²) in [7, 11) is 0. The lowest BCUT2D eigenvalue weighted by Crippen LogP contribution is -2.44. The highest BCUT2D eigenvalue weighted by Gasteiger charge is 2.22. The fourth-order valence-electron chi connectivity index (χ4n) is 3.32. The fraction of sp³-hybridized carbons (Fsp3) is 0.280. The van der Waals surface area contributed by atoms with Crippen molar-refractivity contribution < 1.29 is 9.59 Å². The van der Waals surface area contributed by atoms with Gasteiger partial charge in [-0.3, -0.25) is 4.79 Å². The number of anilines is 1. The summed E-state index contributed by atoms with van der Waals surface area (Å²) in [5, 5.41) is 4.97. The molecule has 1 N–H and O–H groups in total. The Bertz CT molecular complexity index is 973. The zero-order valence-electron chi connectivity index (χ0n) is 18.1. The van der Waals surface area contributed by atoms with Gasteiger partial charge in [-0.1, -0.05) is 61.5 Å². The van der Waals surface area contributed by atoms with Crippen molar-refractivity contribution in [3.05, 3.63) is 88.1 Å². The molecule has 3 aromatic rings. The predicted octanol–water partition coefficient (Wildman–Crippen LogP) is 5.53. The van der Waals surface area contributed by atoms with E-state index < -0.39 is 0 Å². The molecule has 3 rings (SSSR count). The summed E-state index contributed by atoms with van der Waals surface area (Å²) < 4.78 is 0. The van der Waals surface area contributed by atoms with Crippen LogP contribution in [-0.2, 0) is 17.9 Å². The van der Waals surface area contributed by atoms with Gasteiger partial charge in [0, 0.05) is 23.7 Å². The maximum atomic E-state index is 13.3. The van der Waals surface area contributed by atoms with Gasteiger partial charge in [-0.05, 0) is 42.0 Å². The number of thiophene rings is 1. The van der Waals surface area contributed by atoms with Gasteiger partial charge in [0.1, 0.15) is 6.54 Å². The number of hydrogen-bond acceptors (Lipinski definition) is 3. The number of rotatable bonds is 9. The number of nitrogens with one attached hydrogen (secondary N) is 1. The highest BCUT2D eigenvalue weighted by molar-refractivity contribution is 7.09. The lowest BCUT2D eigenvalue weighted by molar-refractivity contribution is -0.133. The van der Waals surface area contributed by atoms with Crippen molar-refractivity contribution in [3.8, 4) is 0 Å². The molecule has 0 bridgehead atoms. The third-order valence-corrected chi connectivity index (χ3v) is 5.85. The average molecular weight is 436 g/mol. The summed E-state index contributed by atoms with van der Waals surface area (Å²) in [6.45, 7) is 5.56. The van der Waals surface area contributed by atoms with Gasteiger partial charge in [0.05, 0.1) is 6.54 Å². The molecule has 162 valence electrons. The van der Waals surface area contributed by atoms with E-state index in [1.807, 2.05) is 90.9 Å². The molecule has 3 amide bonds. The molecule has 0 saturated carbocycles. The highest BCUT2D eigenvalue weighted by Crippen LogP contribution is 2.17. The van der Waals surface area contributed by atoms with Crippen LogP contribution in [0, 0.1) is 6.92 Å². The van der Waals surface area contributed by atoms with Crippen molar-refractivity contribution >= 4 is 29.0 Å². The molecule has 0 spiro atoms. The molecule has 31 heavy (non-hydrogen) atoms. The van der Waals surface area contributed by atoms with E-state index in [-0.39, 0.29) is 18.5 Å². The number of urea groups is 1. The summed E-state index contributed by atoms with van der Waals surface area (Å²) in [6.07, 6.45) is 0.776. The van der Waals surface area contributed by atoms with Crippen LogP contribution in [0.4, 0.5) is 10.5 Å². The van der Waals surface area contributed by atoms with Crippen LogP contribution in [0.2, 0.25) is 0 Å². The first-order chi connectivity index (χ1) is 15.1. The van der Waals surface area contributed by atoms with E-state index >= 15 is 0 Å². The number of amides is 3. The first-order valence-electron chi connectivity index (χ1n) is 10.5. The molecule has 0 unspecified atom stereocenters. The second-order valence-corrected chi connectivity index (χ2v) is 8.51. The van der Waals surface area contributed by atoms with E-state index in [2.05, 4.69) is 5.32 Å². The van der Waals surface area contributed by atoms with Crippen molar-refractivity contribution in [1.82, 2.24) is 9.80 Å². The second kappa shape index (κ2) is 11.3. The number of para-hydroxylation sites is 1. The summed E-state index contributed by atoms with van der Waals surface area (Å²) in [5.74, 6) is -0.0642. The fourth-order valence-corrected chi connectivity index (χ4v) is 4.04. The third kappa shape index (κ3) is 6.69. The molecule has 5 nitrogen and oxygen atoms in total. The molecule has 0 fully saturated rings. The number of aryl methyl sites for hydroxylation is 1. The zero-order valence-corrected chi connectivity index (χ0v) is 18.9. The molecule has 0 saturated heterocycles. The normalized spacial score (nSPS) is 10.5. The Labute approximate surface area is 188 Å². The molecule has 0 aliphatic carbocycles.